The van der Waals surface area contributed by atoms with Gasteiger partial charge in [0, 0.05) is 18.3 Å². The van der Waals surface area contributed by atoms with Crippen molar-refractivity contribution >= 4 is 47.4 Å². The third-order valence-electron chi connectivity index (χ3n) is 2.79. The molecular formula is C14H22ClN3O2S. The molecule has 1 atom stereocenters. The molecule has 0 heterocycles. The monoisotopic (exact) mass is 331 g/mol. The van der Waals surface area contributed by atoms with Crippen LogP contribution in [-0.2, 0) is 9.59 Å². The number of aryl methyl sites for hydroxylation is 1. The summed E-state index contributed by atoms with van der Waals surface area (Å²) < 4.78 is 0. The lowest BCUT2D eigenvalue weighted by Gasteiger charge is -2.14. The zero-order valence-electron chi connectivity index (χ0n) is 12.4. The fourth-order valence-electron chi connectivity index (χ4n) is 1.64. The van der Waals surface area contributed by atoms with E-state index in [2.05, 4.69) is 10.6 Å². The lowest BCUT2D eigenvalue weighted by atomic mass is 10.1. The van der Waals surface area contributed by atoms with Gasteiger partial charge in [-0.05, 0) is 43.0 Å². The molecule has 1 aromatic rings. The van der Waals surface area contributed by atoms with E-state index >= 15 is 0 Å². The summed E-state index contributed by atoms with van der Waals surface area (Å²) in [5.41, 5.74) is 8.06. The number of amides is 2. The van der Waals surface area contributed by atoms with Crippen LogP contribution in [0.2, 0.25) is 0 Å². The van der Waals surface area contributed by atoms with Crippen LogP contribution in [0.4, 0.5) is 11.4 Å². The fourth-order valence-corrected chi connectivity index (χ4v) is 2.13. The first-order valence-corrected chi connectivity index (χ1v) is 7.77. The van der Waals surface area contributed by atoms with Crippen LogP contribution in [0, 0.1) is 6.92 Å². The number of rotatable bonds is 6. The van der Waals surface area contributed by atoms with Crippen LogP contribution >= 0.6 is 24.2 Å². The van der Waals surface area contributed by atoms with E-state index in [1.54, 1.807) is 23.9 Å². The van der Waals surface area contributed by atoms with Gasteiger partial charge in [0.05, 0.1) is 6.04 Å². The predicted octanol–water partition coefficient (Wildman–Crippen LogP) is 2.39. The number of nitrogens with two attached hydrogens (primary N) is 1. The second-order valence-electron chi connectivity index (χ2n) is 4.59. The Kier molecular flexibility index (Phi) is 9.08. The first kappa shape index (κ1) is 19.8. The average Bonchev–Trinajstić information content (AvgIpc) is 2.39. The lowest BCUT2D eigenvalue weighted by molar-refractivity contribution is -0.117. The molecule has 0 bridgehead atoms. The maximum Gasteiger partial charge on any atom is 0.241 e. The molecule has 1 rings (SSSR count). The van der Waals surface area contributed by atoms with Crippen molar-refractivity contribution in [2.45, 2.75) is 26.3 Å². The van der Waals surface area contributed by atoms with E-state index in [1.807, 2.05) is 19.2 Å². The number of carbonyl (C=O) groups excluding carboxylic acids is 2. The highest BCUT2D eigenvalue weighted by molar-refractivity contribution is 7.98. The average molecular weight is 332 g/mol. The number of thioether (sulfide) groups is 1. The molecule has 1 aromatic carbocycles. The normalized spacial score (nSPS) is 11.2. The van der Waals surface area contributed by atoms with Crippen molar-refractivity contribution in [3.8, 4) is 0 Å². The van der Waals surface area contributed by atoms with Gasteiger partial charge in [0.25, 0.3) is 0 Å². The molecule has 2 amide bonds. The van der Waals surface area contributed by atoms with E-state index in [0.29, 0.717) is 17.8 Å². The van der Waals surface area contributed by atoms with Gasteiger partial charge >= 0.3 is 0 Å². The van der Waals surface area contributed by atoms with Gasteiger partial charge in [-0.15, -0.1) is 12.4 Å². The van der Waals surface area contributed by atoms with Gasteiger partial charge in [0.1, 0.15) is 0 Å². The Morgan fingerprint density at radius 2 is 2.00 bits per heavy atom. The Hall–Kier alpha value is -1.24. The maximum absolute atomic E-state index is 12.0. The largest absolute Gasteiger partial charge is 0.326 e. The highest BCUT2D eigenvalue weighted by Gasteiger charge is 2.14. The van der Waals surface area contributed by atoms with Gasteiger partial charge in [0.15, 0.2) is 0 Å². The standard InChI is InChI=1S/C14H21N3O2S.ClH/c1-9-4-5-11(16-10(2)18)8-13(9)17-14(19)12(15)6-7-20-3;/h4-5,8,12H,6-7,15H2,1-3H3,(H,16,18)(H,17,19);1H/t12-;/m0./s1. The highest BCUT2D eigenvalue weighted by Crippen LogP contribution is 2.20. The van der Waals surface area contributed by atoms with Crippen molar-refractivity contribution in [1.29, 1.82) is 0 Å². The minimum absolute atomic E-state index is 0. The molecule has 0 spiro atoms. The molecule has 0 aliphatic rings. The van der Waals surface area contributed by atoms with Crippen LogP contribution in [0.15, 0.2) is 18.2 Å². The number of carbonyl (C=O) groups is 2. The first-order chi connectivity index (χ1) is 9.43. The summed E-state index contributed by atoms with van der Waals surface area (Å²) in [7, 11) is 0. The van der Waals surface area contributed by atoms with Gasteiger partial charge in [-0.1, -0.05) is 6.07 Å². The number of halogens is 1. The molecule has 118 valence electrons. The van der Waals surface area contributed by atoms with E-state index in [1.165, 1.54) is 6.92 Å². The Balaban J connectivity index is 0.00000400. The number of anilines is 2. The molecule has 0 saturated carbocycles. The Bertz CT molecular complexity index is 497. The number of benzene rings is 1. The van der Waals surface area contributed by atoms with Gasteiger partial charge in [0.2, 0.25) is 11.8 Å². The Morgan fingerprint density at radius 3 is 2.57 bits per heavy atom. The van der Waals surface area contributed by atoms with Gasteiger partial charge in [-0.25, -0.2) is 0 Å². The van der Waals surface area contributed by atoms with E-state index in [0.717, 1.165) is 11.3 Å². The SMILES string of the molecule is CSCC[C@H](N)C(=O)Nc1cc(NC(C)=O)ccc1C.Cl. The molecule has 0 fully saturated rings. The van der Waals surface area contributed by atoms with Gasteiger partial charge < -0.3 is 16.4 Å². The van der Waals surface area contributed by atoms with Crippen LogP contribution in [0.5, 0.6) is 0 Å². The zero-order valence-corrected chi connectivity index (χ0v) is 14.1. The van der Waals surface area contributed by atoms with Crippen molar-refractivity contribution < 1.29 is 9.59 Å². The van der Waals surface area contributed by atoms with Crippen LogP contribution in [0.25, 0.3) is 0 Å². The second kappa shape index (κ2) is 9.65. The Morgan fingerprint density at radius 1 is 1.33 bits per heavy atom. The molecule has 0 aromatic heterocycles. The zero-order chi connectivity index (χ0) is 15.1. The van der Waals surface area contributed by atoms with Crippen molar-refractivity contribution in [2.24, 2.45) is 5.73 Å². The summed E-state index contributed by atoms with van der Waals surface area (Å²) in [5.74, 6) is 0.490. The molecular weight excluding hydrogens is 310 g/mol. The third-order valence-corrected chi connectivity index (χ3v) is 3.43. The third kappa shape index (κ3) is 6.84. The summed E-state index contributed by atoms with van der Waals surface area (Å²) in [6, 6.07) is 4.84. The molecule has 0 radical (unpaired) electrons. The van der Waals surface area contributed by atoms with E-state index in [9.17, 15) is 9.59 Å². The van der Waals surface area contributed by atoms with Crippen molar-refractivity contribution in [3.05, 3.63) is 23.8 Å². The lowest BCUT2D eigenvalue weighted by Crippen LogP contribution is -2.36. The number of hydrogen-bond acceptors (Lipinski definition) is 4. The molecule has 0 aliphatic carbocycles. The van der Waals surface area contributed by atoms with Crippen LogP contribution in [-0.4, -0.2) is 29.9 Å². The molecule has 4 N–H and O–H groups in total. The van der Waals surface area contributed by atoms with E-state index in [4.69, 9.17) is 5.73 Å². The number of hydrogen-bond donors (Lipinski definition) is 3. The number of nitrogens with one attached hydrogen (secondary N) is 2. The first-order valence-electron chi connectivity index (χ1n) is 6.37. The van der Waals surface area contributed by atoms with Gasteiger partial charge in [-0.2, -0.15) is 11.8 Å². The molecule has 0 unspecified atom stereocenters. The predicted molar refractivity (Wildman–Crippen MR) is 92.3 cm³/mol. The second-order valence-corrected chi connectivity index (χ2v) is 5.57. The highest BCUT2D eigenvalue weighted by atomic mass is 35.5. The van der Waals surface area contributed by atoms with E-state index < -0.39 is 6.04 Å². The molecule has 7 heteroatoms. The van der Waals surface area contributed by atoms with Crippen LogP contribution < -0.4 is 16.4 Å². The Labute approximate surface area is 135 Å². The topological polar surface area (TPSA) is 84.2 Å². The summed E-state index contributed by atoms with van der Waals surface area (Å²) >= 11 is 1.66. The molecule has 0 aliphatic heterocycles. The van der Waals surface area contributed by atoms with Gasteiger partial charge in [-0.3, -0.25) is 9.59 Å². The quantitative estimate of drug-likeness (QED) is 0.747. The summed E-state index contributed by atoms with van der Waals surface area (Å²) in [4.78, 5) is 23.0. The maximum atomic E-state index is 12.0. The summed E-state index contributed by atoms with van der Waals surface area (Å²) in [5, 5.41) is 5.49. The van der Waals surface area contributed by atoms with Crippen molar-refractivity contribution in [2.75, 3.05) is 22.6 Å². The molecule has 0 saturated heterocycles. The fraction of sp³-hybridized carbons (Fsp3) is 0.429. The minimum atomic E-state index is -0.522. The minimum Gasteiger partial charge on any atom is -0.326 e. The smallest absolute Gasteiger partial charge is 0.241 e. The van der Waals surface area contributed by atoms with Crippen molar-refractivity contribution in [3.63, 3.8) is 0 Å². The van der Waals surface area contributed by atoms with Crippen LogP contribution in [0.1, 0.15) is 18.9 Å². The van der Waals surface area contributed by atoms with Crippen LogP contribution in [0.3, 0.4) is 0 Å². The summed E-state index contributed by atoms with van der Waals surface area (Å²) in [6.45, 7) is 3.33. The molecule has 5 nitrogen and oxygen atoms in total. The van der Waals surface area contributed by atoms with E-state index in [-0.39, 0.29) is 24.2 Å². The van der Waals surface area contributed by atoms with Crippen molar-refractivity contribution in [1.82, 2.24) is 0 Å². The summed E-state index contributed by atoms with van der Waals surface area (Å²) in [6.07, 6.45) is 2.61. The molecule has 21 heavy (non-hydrogen) atoms.